The van der Waals surface area contributed by atoms with Gasteiger partial charge in [0.25, 0.3) is 5.91 Å². The molecule has 10 nitrogen and oxygen atoms in total. The number of aromatic nitrogens is 2. The molecule has 2 aromatic rings. The number of aryl methyl sites for hydroxylation is 1. The maximum absolute atomic E-state index is 12.4. The van der Waals surface area contributed by atoms with Gasteiger partial charge in [0.15, 0.2) is 11.5 Å². The quantitative estimate of drug-likeness (QED) is 0.397. The first-order valence-electron chi connectivity index (χ1n) is 14.0. The molecule has 0 radical (unpaired) electrons. The molecule has 0 bridgehead atoms. The first kappa shape index (κ1) is 28.6. The van der Waals surface area contributed by atoms with Crippen molar-refractivity contribution in [3.05, 3.63) is 41.2 Å². The van der Waals surface area contributed by atoms with Gasteiger partial charge >= 0.3 is 6.09 Å². The topological polar surface area (TPSA) is 143 Å². The highest BCUT2D eigenvalue weighted by Crippen LogP contribution is 2.31. The molecule has 5 N–H and O–H groups in total. The molecule has 0 unspecified atom stereocenters. The van der Waals surface area contributed by atoms with E-state index >= 15 is 0 Å². The number of nitrogens with zero attached hydrogens (tertiary/aromatic N) is 3. The summed E-state index contributed by atoms with van der Waals surface area (Å²) in [6.45, 7) is 8.93. The zero-order chi connectivity index (χ0) is 28.2. The maximum atomic E-state index is 12.4. The number of carbonyl (C=O) groups excluding carboxylic acids is 2. The van der Waals surface area contributed by atoms with Crippen LogP contribution < -0.4 is 16.4 Å². The molecular weight excluding hydrogens is 496 g/mol. The zero-order valence-electron chi connectivity index (χ0n) is 23.5. The van der Waals surface area contributed by atoms with Crippen molar-refractivity contribution in [2.45, 2.75) is 96.3 Å². The second kappa shape index (κ2) is 12.2. The molecule has 39 heavy (non-hydrogen) atoms. The van der Waals surface area contributed by atoms with Gasteiger partial charge < -0.3 is 31.1 Å². The molecular formula is C29H42N6O4. The molecule has 1 saturated heterocycles. The lowest BCUT2D eigenvalue weighted by atomic mass is 9.89. The van der Waals surface area contributed by atoms with E-state index in [1.807, 2.05) is 39.8 Å². The molecule has 2 heterocycles. The van der Waals surface area contributed by atoms with E-state index in [1.165, 1.54) is 5.56 Å². The van der Waals surface area contributed by atoms with Gasteiger partial charge in [-0.3, -0.25) is 4.79 Å². The zero-order valence-corrected chi connectivity index (χ0v) is 23.5. The van der Waals surface area contributed by atoms with Crippen LogP contribution in [0.1, 0.15) is 93.9 Å². The van der Waals surface area contributed by atoms with Crippen LogP contribution >= 0.6 is 0 Å². The maximum Gasteiger partial charge on any atom is 0.410 e. The average Bonchev–Trinajstić information content (AvgIpc) is 2.89. The van der Waals surface area contributed by atoms with Gasteiger partial charge in [0.2, 0.25) is 0 Å². The van der Waals surface area contributed by atoms with Gasteiger partial charge in [0, 0.05) is 24.8 Å². The van der Waals surface area contributed by atoms with E-state index in [2.05, 4.69) is 27.8 Å². The monoisotopic (exact) mass is 538 g/mol. The summed E-state index contributed by atoms with van der Waals surface area (Å²) in [7, 11) is 0. The van der Waals surface area contributed by atoms with E-state index < -0.39 is 11.5 Å². The fourth-order valence-corrected chi connectivity index (χ4v) is 5.20. The highest BCUT2D eigenvalue weighted by atomic mass is 16.6. The summed E-state index contributed by atoms with van der Waals surface area (Å²) in [6, 6.07) is 8.26. The van der Waals surface area contributed by atoms with Crippen LogP contribution in [0.15, 0.2) is 24.3 Å². The Kier molecular flexibility index (Phi) is 8.94. The summed E-state index contributed by atoms with van der Waals surface area (Å²) in [5, 5.41) is 16.6. The number of primary amides is 1. The number of carbonyl (C=O) groups is 2. The third-order valence-corrected chi connectivity index (χ3v) is 7.37. The van der Waals surface area contributed by atoms with Crippen LogP contribution in [0.4, 0.5) is 22.1 Å². The molecule has 1 aromatic carbocycles. The molecule has 1 aromatic heterocycles. The van der Waals surface area contributed by atoms with E-state index in [4.69, 9.17) is 15.5 Å². The summed E-state index contributed by atoms with van der Waals surface area (Å²) in [4.78, 5) is 35.7. The largest absolute Gasteiger partial charge is 0.444 e. The molecule has 0 atom stereocenters. The number of nitrogens with two attached hydrogens (primary N) is 1. The minimum absolute atomic E-state index is 0.107. The Morgan fingerprint density at radius 3 is 2.23 bits per heavy atom. The average molecular weight is 539 g/mol. The number of rotatable bonds is 7. The number of ether oxygens (including phenoxy) is 1. The fraction of sp³-hybridized carbons (Fsp3) is 0.586. The first-order chi connectivity index (χ1) is 18.5. The molecule has 2 fully saturated rings. The standard InChI is InChI=1S/C29H42N6O4/c1-5-23-26(31-21-10-12-22(36)13-11-21)34-27(24(33-23)25(30)37)32-20-8-6-18(7-9-20)19-14-16-35(17-15-19)28(38)39-29(2,3)4/h6-9,19,21-22,36H,5,10-17H2,1-4H3,(H2,30,37)(H2,31,32,34). The number of hydrogen-bond donors (Lipinski definition) is 4. The fourth-order valence-electron chi connectivity index (χ4n) is 5.20. The number of aliphatic hydroxyl groups is 1. The number of benzene rings is 1. The molecule has 4 rings (SSSR count). The second-order valence-electron chi connectivity index (χ2n) is 11.6. The minimum Gasteiger partial charge on any atom is -0.444 e. The Morgan fingerprint density at radius 2 is 1.67 bits per heavy atom. The molecule has 1 saturated carbocycles. The van der Waals surface area contributed by atoms with Gasteiger partial charge in [0.05, 0.1) is 11.8 Å². The SMILES string of the molecule is CCc1nc(C(N)=O)c(Nc2ccc(C3CCN(C(=O)OC(C)(C)C)CC3)cc2)nc1NC1CCC(O)CC1. The molecule has 0 spiro atoms. The Bertz CT molecular complexity index is 1150. The van der Waals surface area contributed by atoms with Crippen molar-refractivity contribution >= 4 is 29.3 Å². The van der Waals surface area contributed by atoms with Crippen LogP contribution in [-0.2, 0) is 11.2 Å². The van der Waals surface area contributed by atoms with Crippen LogP contribution in [0, 0.1) is 0 Å². The molecule has 2 amide bonds. The lowest BCUT2D eigenvalue weighted by Crippen LogP contribution is -2.41. The van der Waals surface area contributed by atoms with Crippen molar-refractivity contribution in [3.8, 4) is 0 Å². The van der Waals surface area contributed by atoms with Crippen LogP contribution in [-0.4, -0.2) is 62.8 Å². The van der Waals surface area contributed by atoms with Crippen LogP contribution in [0.3, 0.4) is 0 Å². The van der Waals surface area contributed by atoms with Crippen molar-refractivity contribution in [1.82, 2.24) is 14.9 Å². The summed E-state index contributed by atoms with van der Waals surface area (Å²) >= 11 is 0. The molecule has 1 aliphatic heterocycles. The third-order valence-electron chi connectivity index (χ3n) is 7.37. The van der Waals surface area contributed by atoms with Crippen molar-refractivity contribution < 1.29 is 19.4 Å². The summed E-state index contributed by atoms with van der Waals surface area (Å²) in [5.41, 5.74) is 7.94. The van der Waals surface area contributed by atoms with Crippen molar-refractivity contribution in [2.75, 3.05) is 23.7 Å². The number of piperidine rings is 1. The van der Waals surface area contributed by atoms with Crippen LogP contribution in [0.2, 0.25) is 0 Å². The van der Waals surface area contributed by atoms with Crippen molar-refractivity contribution in [2.24, 2.45) is 5.73 Å². The highest BCUT2D eigenvalue weighted by molar-refractivity contribution is 5.96. The Balaban J connectivity index is 1.43. The molecule has 212 valence electrons. The Labute approximate surface area is 230 Å². The predicted molar refractivity (Wildman–Crippen MR) is 151 cm³/mol. The normalized spacial score (nSPS) is 20.4. The molecule has 10 heteroatoms. The van der Waals surface area contributed by atoms with E-state index in [0.29, 0.717) is 42.8 Å². The summed E-state index contributed by atoms with van der Waals surface area (Å²) in [6.07, 6.45) is 5.06. The van der Waals surface area contributed by atoms with Gasteiger partial charge in [-0.25, -0.2) is 14.8 Å². The number of hydrogen-bond acceptors (Lipinski definition) is 8. The van der Waals surface area contributed by atoms with Crippen molar-refractivity contribution in [3.63, 3.8) is 0 Å². The lowest BCUT2D eigenvalue weighted by Gasteiger charge is -2.33. The van der Waals surface area contributed by atoms with Gasteiger partial charge in [-0.05, 0) is 89.3 Å². The smallest absolute Gasteiger partial charge is 0.410 e. The summed E-state index contributed by atoms with van der Waals surface area (Å²) < 4.78 is 5.51. The minimum atomic E-state index is -0.639. The van der Waals surface area contributed by atoms with Gasteiger partial charge in [-0.2, -0.15) is 0 Å². The highest BCUT2D eigenvalue weighted by Gasteiger charge is 2.28. The Hall–Kier alpha value is -3.40. The van der Waals surface area contributed by atoms with Gasteiger partial charge in [0.1, 0.15) is 11.4 Å². The number of amides is 2. The van der Waals surface area contributed by atoms with E-state index in [9.17, 15) is 14.7 Å². The number of likely N-dealkylation sites (tertiary alicyclic amines) is 1. The van der Waals surface area contributed by atoms with Crippen LogP contribution in [0.25, 0.3) is 0 Å². The number of nitrogens with one attached hydrogen (secondary N) is 2. The van der Waals surface area contributed by atoms with E-state index in [-0.39, 0.29) is 23.9 Å². The first-order valence-corrected chi connectivity index (χ1v) is 14.0. The van der Waals surface area contributed by atoms with E-state index in [0.717, 1.165) is 44.2 Å². The second-order valence-corrected chi connectivity index (χ2v) is 11.6. The van der Waals surface area contributed by atoms with Gasteiger partial charge in [-0.15, -0.1) is 0 Å². The molecule has 2 aliphatic rings. The van der Waals surface area contributed by atoms with E-state index in [1.54, 1.807) is 4.90 Å². The summed E-state index contributed by atoms with van der Waals surface area (Å²) in [5.74, 6) is 0.670. The number of aliphatic hydroxyl groups excluding tert-OH is 1. The molecule has 1 aliphatic carbocycles. The number of anilines is 3. The lowest BCUT2D eigenvalue weighted by molar-refractivity contribution is 0.0204. The predicted octanol–water partition coefficient (Wildman–Crippen LogP) is 4.71. The third kappa shape index (κ3) is 7.59. The van der Waals surface area contributed by atoms with Crippen molar-refractivity contribution in [1.29, 1.82) is 0 Å². The van der Waals surface area contributed by atoms with Gasteiger partial charge in [-0.1, -0.05) is 19.1 Å². The Morgan fingerprint density at radius 1 is 1.03 bits per heavy atom. The van der Waals surface area contributed by atoms with Crippen LogP contribution in [0.5, 0.6) is 0 Å².